The zero-order chi connectivity index (χ0) is 18.7. The molecule has 0 amide bonds. The van der Waals surface area contributed by atoms with E-state index in [0.717, 1.165) is 34.2 Å². The number of pyridine rings is 1. The van der Waals surface area contributed by atoms with Crippen LogP contribution in [0.4, 0.5) is 0 Å². The van der Waals surface area contributed by atoms with Crippen LogP contribution in [-0.2, 0) is 0 Å². The largest absolute Gasteiger partial charge is 1.00 e. The Morgan fingerprint density at radius 2 is 1.70 bits per heavy atom. The van der Waals surface area contributed by atoms with Gasteiger partial charge in [0.15, 0.2) is 5.82 Å². The van der Waals surface area contributed by atoms with Crippen LogP contribution in [0.5, 0.6) is 0 Å². The summed E-state index contributed by atoms with van der Waals surface area (Å²) in [6.45, 7) is 10.8. The van der Waals surface area contributed by atoms with Gasteiger partial charge in [0.2, 0.25) is 0 Å². The first-order chi connectivity index (χ1) is 12.3. The van der Waals surface area contributed by atoms with Gasteiger partial charge in [0.05, 0.1) is 11.4 Å². The van der Waals surface area contributed by atoms with E-state index in [1.54, 1.807) is 0 Å². The Morgan fingerprint density at radius 1 is 1.00 bits per heavy atom. The second-order valence-corrected chi connectivity index (χ2v) is 12.0. The molecule has 1 aromatic carbocycles. The van der Waals surface area contributed by atoms with Gasteiger partial charge in [0, 0.05) is 5.69 Å². The Bertz CT molecular complexity index is 927. The molecule has 3 aromatic rings. The molecule has 134 valence electrons. The average molecular weight is 368 g/mol. The number of aromatic nitrogens is 3. The first-order valence-electron chi connectivity index (χ1n) is 8.82. The predicted molar refractivity (Wildman–Crippen MR) is 112 cm³/mol. The number of rotatable bonds is 5. The molecule has 0 radical (unpaired) electrons. The van der Waals surface area contributed by atoms with Crippen LogP contribution < -0.4 is 18.9 Å². The van der Waals surface area contributed by atoms with Crippen LogP contribution in [0.25, 0.3) is 22.6 Å². The minimum atomic E-state index is -1.63. The number of hydrogen-bond acceptors (Lipinski definition) is 2. The molecule has 0 unspecified atom stereocenters. The third-order valence-electron chi connectivity index (χ3n) is 3.79. The van der Waals surface area contributed by atoms with Crippen molar-refractivity contribution in [3.8, 4) is 5.82 Å². The van der Waals surface area contributed by atoms with Gasteiger partial charge in [0.1, 0.15) is 0 Å². The molecular formula is C21H25LiN4Si. The molecule has 0 aliphatic rings. The van der Waals surface area contributed by atoms with Crippen molar-refractivity contribution in [1.29, 1.82) is 0 Å². The Balaban J connectivity index is 0.00000261. The quantitative estimate of drug-likeness (QED) is 0.650. The Hall–Kier alpha value is -2.07. The standard InChI is InChI=1S/C21H25N4Si.Li/c1-16-14-17(2)25(23-16)21-13-9-12-19(22-21)15-20(24-26(3,4)5)18-10-7-6-8-11-18;/h6-15H,1-5H3;/q-1;+1/b20-15-;. The molecule has 0 saturated heterocycles. The maximum absolute atomic E-state index is 5.04. The van der Waals surface area contributed by atoms with Gasteiger partial charge < -0.3 is 4.98 Å². The third-order valence-corrected chi connectivity index (χ3v) is 4.70. The summed E-state index contributed by atoms with van der Waals surface area (Å²) < 4.78 is 1.88. The fourth-order valence-corrected chi connectivity index (χ4v) is 3.71. The molecule has 2 aromatic heterocycles. The summed E-state index contributed by atoms with van der Waals surface area (Å²) in [5.41, 5.74) is 5.06. The van der Waals surface area contributed by atoms with E-state index < -0.39 is 8.24 Å². The van der Waals surface area contributed by atoms with Crippen molar-refractivity contribution >= 4 is 20.0 Å². The summed E-state index contributed by atoms with van der Waals surface area (Å²) in [7, 11) is -1.63. The van der Waals surface area contributed by atoms with Gasteiger partial charge in [-0.3, -0.25) is 0 Å². The molecule has 27 heavy (non-hydrogen) atoms. The van der Waals surface area contributed by atoms with Crippen molar-refractivity contribution in [3.63, 3.8) is 0 Å². The number of aryl methyl sites for hydroxylation is 2. The molecule has 0 aliphatic carbocycles. The smallest absolute Gasteiger partial charge is 0.687 e. The van der Waals surface area contributed by atoms with E-state index in [1.807, 2.05) is 54.9 Å². The maximum Gasteiger partial charge on any atom is 1.00 e. The SMILES string of the molecule is Cc1cc(C)n(-c2cccc(/C=C(\[N-][Si](C)(C)C)c3ccccc3)n2)n1.[Li+]. The Kier molecular flexibility index (Phi) is 6.88. The fourth-order valence-electron chi connectivity index (χ4n) is 2.79. The molecule has 0 atom stereocenters. The van der Waals surface area contributed by atoms with E-state index in [9.17, 15) is 0 Å². The second kappa shape index (κ2) is 8.75. The first-order valence-corrected chi connectivity index (χ1v) is 12.3. The number of hydrogen-bond donors (Lipinski definition) is 0. The van der Waals surface area contributed by atoms with E-state index in [4.69, 9.17) is 9.97 Å². The summed E-state index contributed by atoms with van der Waals surface area (Å²) >= 11 is 0. The average Bonchev–Trinajstić information content (AvgIpc) is 2.92. The second-order valence-electron chi connectivity index (χ2n) is 7.44. The molecule has 2 heterocycles. The third kappa shape index (κ3) is 5.70. The summed E-state index contributed by atoms with van der Waals surface area (Å²) in [5.74, 6) is 0.824. The first kappa shape index (κ1) is 21.2. The predicted octanol–water partition coefficient (Wildman–Crippen LogP) is 2.59. The Morgan fingerprint density at radius 3 is 2.30 bits per heavy atom. The van der Waals surface area contributed by atoms with E-state index in [2.05, 4.69) is 49.0 Å². The summed E-state index contributed by atoms with van der Waals surface area (Å²) in [6, 6.07) is 18.4. The zero-order valence-electron chi connectivity index (χ0n) is 17.1. The molecule has 0 aliphatic heterocycles. The molecule has 6 heteroatoms. The molecule has 0 N–H and O–H groups in total. The minimum Gasteiger partial charge on any atom is -0.687 e. The zero-order valence-corrected chi connectivity index (χ0v) is 18.1. The van der Waals surface area contributed by atoms with Crippen molar-refractivity contribution in [3.05, 3.63) is 82.2 Å². The summed E-state index contributed by atoms with van der Waals surface area (Å²) in [6.07, 6.45) is 2.07. The number of nitrogens with zero attached hydrogens (tertiary/aromatic N) is 4. The van der Waals surface area contributed by atoms with Crippen molar-refractivity contribution in [2.75, 3.05) is 0 Å². The van der Waals surface area contributed by atoms with Gasteiger partial charge in [-0.15, -0.1) is 5.70 Å². The van der Waals surface area contributed by atoms with Gasteiger partial charge in [-0.1, -0.05) is 62.1 Å². The van der Waals surface area contributed by atoms with Gasteiger partial charge >= 0.3 is 18.9 Å². The van der Waals surface area contributed by atoms with E-state index >= 15 is 0 Å². The van der Waals surface area contributed by atoms with Crippen LogP contribution >= 0.6 is 0 Å². The molecular weight excluding hydrogens is 343 g/mol. The van der Waals surface area contributed by atoms with Crippen LogP contribution in [0.3, 0.4) is 0 Å². The van der Waals surface area contributed by atoms with Crippen LogP contribution in [0.1, 0.15) is 22.6 Å². The Labute approximate surface area is 175 Å². The van der Waals surface area contributed by atoms with Gasteiger partial charge in [0.25, 0.3) is 0 Å². The maximum atomic E-state index is 5.04. The van der Waals surface area contributed by atoms with Crippen LogP contribution in [0, 0.1) is 13.8 Å². The summed E-state index contributed by atoms with van der Waals surface area (Å²) in [4.78, 5) is 9.83. The molecule has 4 nitrogen and oxygen atoms in total. The van der Waals surface area contributed by atoms with Crippen molar-refractivity contribution in [2.45, 2.75) is 33.5 Å². The van der Waals surface area contributed by atoms with Crippen molar-refractivity contribution < 1.29 is 18.9 Å². The molecule has 3 rings (SSSR count). The van der Waals surface area contributed by atoms with Crippen LogP contribution in [0.15, 0.2) is 54.6 Å². The fraction of sp³-hybridized carbons (Fsp3) is 0.238. The van der Waals surface area contributed by atoms with Crippen LogP contribution in [0.2, 0.25) is 19.6 Å². The summed E-state index contributed by atoms with van der Waals surface area (Å²) in [5, 5.41) is 4.54. The van der Waals surface area contributed by atoms with E-state index in [1.165, 1.54) is 0 Å². The van der Waals surface area contributed by atoms with E-state index in [-0.39, 0.29) is 18.9 Å². The van der Waals surface area contributed by atoms with Gasteiger partial charge in [-0.25, -0.2) is 9.67 Å². The molecule has 0 bridgehead atoms. The van der Waals surface area contributed by atoms with Gasteiger partial charge in [-0.05, 0) is 45.8 Å². The van der Waals surface area contributed by atoms with Gasteiger partial charge in [-0.2, -0.15) is 5.10 Å². The topological polar surface area (TPSA) is 44.8 Å². The monoisotopic (exact) mass is 368 g/mol. The van der Waals surface area contributed by atoms with Crippen LogP contribution in [-0.4, -0.2) is 23.0 Å². The molecule has 0 saturated carbocycles. The minimum absolute atomic E-state index is 0. The number of benzene rings is 1. The molecule has 0 spiro atoms. The van der Waals surface area contributed by atoms with E-state index in [0.29, 0.717) is 0 Å². The van der Waals surface area contributed by atoms with Crippen molar-refractivity contribution in [2.24, 2.45) is 0 Å². The van der Waals surface area contributed by atoms with Crippen molar-refractivity contribution in [1.82, 2.24) is 14.8 Å². The molecule has 0 fully saturated rings. The normalized spacial score (nSPS) is 11.8.